The van der Waals surface area contributed by atoms with Crippen LogP contribution in [0.5, 0.6) is 0 Å². The molecule has 5 heteroatoms. The summed E-state index contributed by atoms with van der Waals surface area (Å²) in [5.41, 5.74) is 1.21. The number of nitrogens with one attached hydrogen (secondary N) is 2. The summed E-state index contributed by atoms with van der Waals surface area (Å²) in [4.78, 5) is 15.9. The van der Waals surface area contributed by atoms with Gasteiger partial charge in [0.2, 0.25) is 0 Å². The van der Waals surface area contributed by atoms with Crippen LogP contribution in [0, 0.1) is 6.92 Å². The lowest BCUT2D eigenvalue weighted by atomic mass is 10.0. The Morgan fingerprint density at radius 2 is 2.32 bits per heavy atom. The van der Waals surface area contributed by atoms with Gasteiger partial charge in [0.05, 0.1) is 18.4 Å². The average molecular weight is 263 g/mol. The van der Waals surface area contributed by atoms with Crippen LogP contribution < -0.4 is 10.6 Å². The zero-order valence-corrected chi connectivity index (χ0v) is 11.7. The highest BCUT2D eigenvalue weighted by atomic mass is 16.5. The molecule has 0 bridgehead atoms. The normalized spacial score (nSPS) is 22.9. The number of ether oxygens (including phenoxy) is 1. The monoisotopic (exact) mass is 263 g/mol. The molecule has 0 spiro atoms. The number of carbonyl (C=O) groups excluding carboxylic acids is 1. The predicted octanol–water partition coefficient (Wildman–Crippen LogP) is 1.73. The molecule has 2 heterocycles. The molecule has 1 aliphatic rings. The summed E-state index contributed by atoms with van der Waals surface area (Å²) in [5, 5.41) is 6.85. The molecule has 2 N–H and O–H groups in total. The first-order chi connectivity index (χ1) is 9.10. The first kappa shape index (κ1) is 13.8. The van der Waals surface area contributed by atoms with Gasteiger partial charge in [-0.1, -0.05) is 0 Å². The molecule has 1 aliphatic heterocycles. The summed E-state index contributed by atoms with van der Waals surface area (Å²) >= 11 is 0. The minimum Gasteiger partial charge on any atom is -0.465 e. The summed E-state index contributed by atoms with van der Waals surface area (Å²) in [6.45, 7) is 5.04. The number of carbonyl (C=O) groups is 1. The maximum atomic E-state index is 11.5. The molecule has 2 atom stereocenters. The Labute approximate surface area is 113 Å². The van der Waals surface area contributed by atoms with Crippen molar-refractivity contribution in [2.24, 2.45) is 0 Å². The van der Waals surface area contributed by atoms with Crippen molar-refractivity contribution in [3.05, 3.63) is 23.4 Å². The van der Waals surface area contributed by atoms with Gasteiger partial charge in [0.1, 0.15) is 5.82 Å². The fourth-order valence-electron chi connectivity index (χ4n) is 2.44. The number of aryl methyl sites for hydroxylation is 1. The van der Waals surface area contributed by atoms with Crippen LogP contribution in [-0.4, -0.2) is 36.7 Å². The minimum atomic E-state index is -0.341. The van der Waals surface area contributed by atoms with Crippen molar-refractivity contribution in [3.63, 3.8) is 0 Å². The van der Waals surface area contributed by atoms with Gasteiger partial charge < -0.3 is 15.4 Å². The van der Waals surface area contributed by atoms with Gasteiger partial charge in [0, 0.05) is 12.1 Å². The van der Waals surface area contributed by atoms with E-state index in [9.17, 15) is 4.79 Å². The summed E-state index contributed by atoms with van der Waals surface area (Å²) in [6, 6.07) is 4.57. The number of pyridine rings is 1. The Morgan fingerprint density at radius 3 is 2.95 bits per heavy atom. The molecule has 2 unspecified atom stereocenters. The highest BCUT2D eigenvalue weighted by Crippen LogP contribution is 2.16. The third kappa shape index (κ3) is 3.44. The molecule has 5 nitrogen and oxygen atoms in total. The van der Waals surface area contributed by atoms with E-state index in [0.29, 0.717) is 23.3 Å². The fourth-order valence-corrected chi connectivity index (χ4v) is 2.44. The van der Waals surface area contributed by atoms with Crippen molar-refractivity contribution in [2.45, 2.75) is 38.8 Å². The van der Waals surface area contributed by atoms with Crippen molar-refractivity contribution >= 4 is 11.8 Å². The molecule has 2 rings (SSSR count). The number of rotatable bonds is 3. The highest BCUT2D eigenvalue weighted by molar-refractivity contribution is 5.90. The Balaban J connectivity index is 2.05. The summed E-state index contributed by atoms with van der Waals surface area (Å²) in [5.74, 6) is 0.483. The maximum absolute atomic E-state index is 11.5. The van der Waals surface area contributed by atoms with E-state index < -0.39 is 0 Å². The van der Waals surface area contributed by atoms with Crippen LogP contribution in [0.3, 0.4) is 0 Å². The molecule has 0 aliphatic carbocycles. The van der Waals surface area contributed by atoms with E-state index in [1.807, 2.05) is 13.0 Å². The first-order valence-electron chi connectivity index (χ1n) is 6.66. The number of anilines is 1. The van der Waals surface area contributed by atoms with Gasteiger partial charge in [-0.05, 0) is 45.4 Å². The van der Waals surface area contributed by atoms with Gasteiger partial charge in [-0.2, -0.15) is 0 Å². The number of esters is 1. The lowest BCUT2D eigenvalue weighted by molar-refractivity contribution is 0.0599. The van der Waals surface area contributed by atoms with Gasteiger partial charge in [-0.3, -0.25) is 0 Å². The molecule has 19 heavy (non-hydrogen) atoms. The van der Waals surface area contributed by atoms with E-state index in [1.54, 1.807) is 6.07 Å². The van der Waals surface area contributed by atoms with Gasteiger partial charge in [-0.15, -0.1) is 0 Å². The minimum absolute atomic E-state index is 0.341. The van der Waals surface area contributed by atoms with E-state index in [-0.39, 0.29) is 5.97 Å². The third-order valence-corrected chi connectivity index (χ3v) is 3.47. The number of methoxy groups -OCH3 is 1. The molecule has 104 valence electrons. The zero-order valence-electron chi connectivity index (χ0n) is 11.7. The number of piperidine rings is 1. The van der Waals surface area contributed by atoms with Gasteiger partial charge in [0.15, 0.2) is 0 Å². The molecule has 1 fully saturated rings. The molecular weight excluding hydrogens is 242 g/mol. The van der Waals surface area contributed by atoms with Gasteiger partial charge in [-0.25, -0.2) is 9.78 Å². The molecule has 1 aromatic rings. The van der Waals surface area contributed by atoms with E-state index >= 15 is 0 Å². The largest absolute Gasteiger partial charge is 0.465 e. The van der Waals surface area contributed by atoms with E-state index in [4.69, 9.17) is 4.74 Å². The zero-order chi connectivity index (χ0) is 13.8. The quantitative estimate of drug-likeness (QED) is 0.813. The second-order valence-corrected chi connectivity index (χ2v) is 5.04. The maximum Gasteiger partial charge on any atom is 0.339 e. The van der Waals surface area contributed by atoms with Crippen LogP contribution in [0.1, 0.15) is 35.8 Å². The Hall–Kier alpha value is -1.62. The van der Waals surface area contributed by atoms with Crippen molar-refractivity contribution < 1.29 is 9.53 Å². The summed E-state index contributed by atoms with van der Waals surface area (Å²) in [6.07, 6.45) is 2.17. The molecule has 0 aromatic carbocycles. The molecule has 0 amide bonds. The van der Waals surface area contributed by atoms with Crippen LogP contribution >= 0.6 is 0 Å². The van der Waals surface area contributed by atoms with Crippen molar-refractivity contribution in [2.75, 3.05) is 19.0 Å². The second-order valence-electron chi connectivity index (χ2n) is 5.04. The van der Waals surface area contributed by atoms with Crippen molar-refractivity contribution in [1.29, 1.82) is 0 Å². The Morgan fingerprint density at radius 1 is 1.53 bits per heavy atom. The van der Waals surface area contributed by atoms with Crippen LogP contribution in [-0.2, 0) is 4.74 Å². The molecule has 0 saturated carbocycles. The first-order valence-corrected chi connectivity index (χ1v) is 6.66. The molecule has 0 radical (unpaired) electrons. The Bertz CT molecular complexity index is 462. The average Bonchev–Trinajstić information content (AvgIpc) is 2.38. The van der Waals surface area contributed by atoms with Crippen molar-refractivity contribution in [1.82, 2.24) is 10.3 Å². The van der Waals surface area contributed by atoms with E-state index in [0.717, 1.165) is 25.2 Å². The van der Waals surface area contributed by atoms with Gasteiger partial charge >= 0.3 is 5.97 Å². The molecule has 1 saturated heterocycles. The number of hydrogen-bond acceptors (Lipinski definition) is 5. The third-order valence-electron chi connectivity index (χ3n) is 3.47. The SMILES string of the molecule is COC(=O)c1ccc(NC2CCNC(C)C2)nc1C. The lowest BCUT2D eigenvalue weighted by Crippen LogP contribution is -2.41. The second kappa shape index (κ2) is 6.02. The highest BCUT2D eigenvalue weighted by Gasteiger charge is 2.19. The van der Waals surface area contributed by atoms with Gasteiger partial charge in [0.25, 0.3) is 0 Å². The standard InChI is InChI=1S/C14H21N3O2/c1-9-8-11(6-7-15-9)17-13-5-4-12(10(2)16-13)14(18)19-3/h4-5,9,11,15H,6-8H2,1-3H3,(H,16,17). The van der Waals surface area contributed by atoms with Crippen LogP contribution in [0.4, 0.5) is 5.82 Å². The summed E-state index contributed by atoms with van der Waals surface area (Å²) < 4.78 is 4.71. The lowest BCUT2D eigenvalue weighted by Gasteiger charge is -2.29. The topological polar surface area (TPSA) is 63.2 Å². The Kier molecular flexibility index (Phi) is 4.37. The van der Waals surface area contributed by atoms with Crippen molar-refractivity contribution in [3.8, 4) is 0 Å². The fraction of sp³-hybridized carbons (Fsp3) is 0.571. The number of hydrogen-bond donors (Lipinski definition) is 2. The van der Waals surface area contributed by atoms with E-state index in [1.165, 1.54) is 7.11 Å². The van der Waals surface area contributed by atoms with Crippen LogP contribution in [0.15, 0.2) is 12.1 Å². The molecule has 1 aromatic heterocycles. The summed E-state index contributed by atoms with van der Waals surface area (Å²) in [7, 11) is 1.38. The van der Waals surface area contributed by atoms with Crippen LogP contribution in [0.25, 0.3) is 0 Å². The predicted molar refractivity (Wildman–Crippen MR) is 74.4 cm³/mol. The van der Waals surface area contributed by atoms with Crippen LogP contribution in [0.2, 0.25) is 0 Å². The number of nitrogens with zero attached hydrogens (tertiary/aromatic N) is 1. The van der Waals surface area contributed by atoms with E-state index in [2.05, 4.69) is 22.5 Å². The smallest absolute Gasteiger partial charge is 0.339 e. The number of aromatic nitrogens is 1. The molecular formula is C14H21N3O2.